The van der Waals surface area contributed by atoms with Gasteiger partial charge in [0, 0.05) is 12.6 Å². The average Bonchev–Trinajstić information content (AvgIpc) is 1.83. The lowest BCUT2D eigenvalue weighted by molar-refractivity contribution is 0.166. The highest BCUT2D eigenvalue weighted by molar-refractivity contribution is 4.62. The van der Waals surface area contributed by atoms with Crippen LogP contribution >= 0.6 is 0 Å². The van der Waals surface area contributed by atoms with Gasteiger partial charge in [-0.15, -0.1) is 0 Å². The molecule has 0 bridgehead atoms. The van der Waals surface area contributed by atoms with Gasteiger partial charge in [-0.25, -0.2) is 0 Å². The van der Waals surface area contributed by atoms with Crippen LogP contribution in [0.3, 0.4) is 0 Å². The maximum atomic E-state index is 8.58. The number of nitrogens with two attached hydrogens (primary N) is 3. The van der Waals surface area contributed by atoms with E-state index in [9.17, 15) is 0 Å². The summed E-state index contributed by atoms with van der Waals surface area (Å²) >= 11 is 0. The molecule has 4 heteroatoms. The molecule has 0 aliphatic carbocycles. The first-order valence-corrected chi connectivity index (χ1v) is 3.06. The fraction of sp³-hybridized carbons (Fsp3) is 1.00. The van der Waals surface area contributed by atoms with E-state index < -0.39 is 6.23 Å². The number of rotatable bonds is 4. The molecule has 0 saturated heterocycles. The second-order valence-electron chi connectivity index (χ2n) is 2.14. The summed E-state index contributed by atoms with van der Waals surface area (Å²) in [5.41, 5.74) is 15.7. The third kappa shape index (κ3) is 5.72. The van der Waals surface area contributed by atoms with Crippen molar-refractivity contribution in [2.75, 3.05) is 6.54 Å². The third-order valence-electron chi connectivity index (χ3n) is 1.14. The number of hydrogen-bond acceptors (Lipinski definition) is 4. The van der Waals surface area contributed by atoms with Gasteiger partial charge in [-0.2, -0.15) is 0 Å². The molecule has 4 nitrogen and oxygen atoms in total. The summed E-state index contributed by atoms with van der Waals surface area (Å²) in [5.74, 6) is 0. The molecule has 0 fully saturated rings. The molecule has 0 saturated carbocycles. The summed E-state index contributed by atoms with van der Waals surface area (Å²) in [4.78, 5) is 0. The molecular weight excluding hydrogens is 118 g/mol. The van der Waals surface area contributed by atoms with Crippen molar-refractivity contribution in [3.8, 4) is 0 Å². The number of hydrogen-bond donors (Lipinski definition) is 4. The van der Waals surface area contributed by atoms with E-state index in [1.807, 2.05) is 0 Å². The molecule has 56 valence electrons. The molecule has 0 amide bonds. The molecule has 0 aliphatic rings. The van der Waals surface area contributed by atoms with E-state index >= 15 is 0 Å². The predicted octanol–water partition coefficient (Wildman–Crippen LogP) is -1.67. The average molecular weight is 133 g/mol. The Morgan fingerprint density at radius 2 is 1.78 bits per heavy atom. The molecule has 0 aromatic heterocycles. The summed E-state index contributed by atoms with van der Waals surface area (Å²) in [5, 5.41) is 8.58. The van der Waals surface area contributed by atoms with E-state index in [-0.39, 0.29) is 6.04 Å². The van der Waals surface area contributed by atoms with Gasteiger partial charge >= 0.3 is 0 Å². The molecular formula is C5H15N3O. The Labute approximate surface area is 55.0 Å². The summed E-state index contributed by atoms with van der Waals surface area (Å²) in [7, 11) is 0. The van der Waals surface area contributed by atoms with E-state index in [1.54, 1.807) is 0 Å². The molecule has 2 unspecified atom stereocenters. The summed E-state index contributed by atoms with van der Waals surface area (Å²) < 4.78 is 0. The Morgan fingerprint density at radius 1 is 1.22 bits per heavy atom. The van der Waals surface area contributed by atoms with Crippen LogP contribution in [0.15, 0.2) is 0 Å². The van der Waals surface area contributed by atoms with Crippen molar-refractivity contribution in [3.05, 3.63) is 0 Å². The van der Waals surface area contributed by atoms with Crippen molar-refractivity contribution in [1.82, 2.24) is 0 Å². The van der Waals surface area contributed by atoms with Crippen LogP contribution in [0.1, 0.15) is 12.8 Å². The van der Waals surface area contributed by atoms with Gasteiger partial charge in [0.15, 0.2) is 0 Å². The first kappa shape index (κ1) is 8.84. The molecule has 0 spiro atoms. The highest BCUT2D eigenvalue weighted by atomic mass is 16.3. The van der Waals surface area contributed by atoms with Crippen LogP contribution in [0.4, 0.5) is 0 Å². The lowest BCUT2D eigenvalue weighted by atomic mass is 10.1. The Bertz CT molecular complexity index is 67.2. The van der Waals surface area contributed by atoms with Crippen molar-refractivity contribution < 1.29 is 5.11 Å². The van der Waals surface area contributed by atoms with Crippen LogP contribution < -0.4 is 17.2 Å². The second-order valence-corrected chi connectivity index (χ2v) is 2.14. The van der Waals surface area contributed by atoms with Crippen molar-refractivity contribution in [1.29, 1.82) is 0 Å². The van der Waals surface area contributed by atoms with E-state index in [0.717, 1.165) is 0 Å². The monoisotopic (exact) mass is 133 g/mol. The molecule has 7 N–H and O–H groups in total. The molecule has 0 aromatic carbocycles. The Morgan fingerprint density at radius 3 is 2.11 bits per heavy atom. The Kier molecular flexibility index (Phi) is 4.61. The molecule has 0 aliphatic heterocycles. The fourth-order valence-corrected chi connectivity index (χ4v) is 0.503. The van der Waals surface area contributed by atoms with Crippen molar-refractivity contribution in [3.63, 3.8) is 0 Å². The minimum atomic E-state index is -0.748. The van der Waals surface area contributed by atoms with Gasteiger partial charge in [-0.1, -0.05) is 0 Å². The first-order valence-electron chi connectivity index (χ1n) is 3.06. The topological polar surface area (TPSA) is 98.3 Å². The normalized spacial score (nSPS) is 17.3. The molecule has 0 rings (SSSR count). The lowest BCUT2D eigenvalue weighted by Gasteiger charge is -2.08. The highest BCUT2D eigenvalue weighted by Crippen LogP contribution is 1.93. The van der Waals surface area contributed by atoms with Crippen LogP contribution in [0.2, 0.25) is 0 Å². The molecule has 0 radical (unpaired) electrons. The molecule has 9 heavy (non-hydrogen) atoms. The van der Waals surface area contributed by atoms with Crippen molar-refractivity contribution >= 4 is 0 Å². The van der Waals surface area contributed by atoms with Crippen LogP contribution in [0.5, 0.6) is 0 Å². The zero-order valence-electron chi connectivity index (χ0n) is 5.46. The van der Waals surface area contributed by atoms with Gasteiger partial charge in [-0.3, -0.25) is 0 Å². The van der Waals surface area contributed by atoms with Gasteiger partial charge in [0.25, 0.3) is 0 Å². The van der Waals surface area contributed by atoms with Crippen LogP contribution in [-0.4, -0.2) is 23.9 Å². The van der Waals surface area contributed by atoms with Crippen LogP contribution in [-0.2, 0) is 0 Å². The van der Waals surface area contributed by atoms with Gasteiger partial charge < -0.3 is 22.3 Å². The zero-order valence-corrected chi connectivity index (χ0v) is 5.46. The number of aliphatic hydroxyl groups is 1. The van der Waals surface area contributed by atoms with Crippen molar-refractivity contribution in [2.24, 2.45) is 17.2 Å². The quantitative estimate of drug-likeness (QED) is 0.345. The molecule has 2 atom stereocenters. The van der Waals surface area contributed by atoms with E-state index in [0.29, 0.717) is 19.4 Å². The number of aliphatic hydroxyl groups excluding tert-OH is 1. The maximum absolute atomic E-state index is 8.58. The zero-order chi connectivity index (χ0) is 7.28. The van der Waals surface area contributed by atoms with Gasteiger partial charge in [0.05, 0.1) is 0 Å². The Balaban J connectivity index is 3.06. The summed E-state index contributed by atoms with van der Waals surface area (Å²) in [6.45, 7) is 0.451. The minimum absolute atomic E-state index is 0.0248. The van der Waals surface area contributed by atoms with E-state index in [2.05, 4.69) is 0 Å². The van der Waals surface area contributed by atoms with E-state index in [1.165, 1.54) is 0 Å². The van der Waals surface area contributed by atoms with Gasteiger partial charge in [-0.05, 0) is 12.8 Å². The Hall–Kier alpha value is -0.160. The highest BCUT2D eigenvalue weighted by Gasteiger charge is 2.01. The first-order chi connectivity index (χ1) is 4.16. The molecule has 0 heterocycles. The van der Waals surface area contributed by atoms with Crippen molar-refractivity contribution in [2.45, 2.75) is 25.1 Å². The smallest absolute Gasteiger partial charge is 0.102 e. The van der Waals surface area contributed by atoms with Crippen LogP contribution in [0, 0.1) is 0 Å². The summed E-state index contributed by atoms with van der Waals surface area (Å²) in [6, 6.07) is -0.0248. The van der Waals surface area contributed by atoms with E-state index in [4.69, 9.17) is 22.3 Å². The minimum Gasteiger partial charge on any atom is -0.379 e. The largest absolute Gasteiger partial charge is 0.379 e. The van der Waals surface area contributed by atoms with Gasteiger partial charge in [0.2, 0.25) is 0 Å². The second kappa shape index (κ2) is 4.69. The fourth-order valence-electron chi connectivity index (χ4n) is 0.503. The maximum Gasteiger partial charge on any atom is 0.102 e. The SMILES string of the molecule is NCC(N)CCC(N)O. The lowest BCUT2D eigenvalue weighted by Crippen LogP contribution is -2.32. The third-order valence-corrected chi connectivity index (χ3v) is 1.14. The summed E-state index contributed by atoms with van der Waals surface area (Å²) in [6.07, 6.45) is 0.467. The predicted molar refractivity (Wildman–Crippen MR) is 36.5 cm³/mol. The van der Waals surface area contributed by atoms with Crippen LogP contribution in [0.25, 0.3) is 0 Å². The standard InChI is InChI=1S/C5H15N3O/c6-3-4(7)1-2-5(8)9/h4-5,9H,1-3,6-8H2. The molecule has 0 aromatic rings. The van der Waals surface area contributed by atoms with Gasteiger partial charge in [0.1, 0.15) is 6.23 Å².